The number of anilines is 1. The molecule has 0 bridgehead atoms. The smallest absolute Gasteiger partial charge is 0.263 e. The van der Waals surface area contributed by atoms with Gasteiger partial charge < -0.3 is 10.2 Å². The van der Waals surface area contributed by atoms with E-state index in [1.807, 2.05) is 30.1 Å². The van der Waals surface area contributed by atoms with Crippen LogP contribution >= 0.6 is 0 Å². The summed E-state index contributed by atoms with van der Waals surface area (Å²) in [6.07, 6.45) is 5.25. The van der Waals surface area contributed by atoms with Crippen LogP contribution in [-0.2, 0) is 4.79 Å². The Bertz CT molecular complexity index is 972. The summed E-state index contributed by atoms with van der Waals surface area (Å²) in [7, 11) is 1.92. The predicted molar refractivity (Wildman–Crippen MR) is 99.8 cm³/mol. The summed E-state index contributed by atoms with van der Waals surface area (Å²) in [6.45, 7) is 1.10. The number of benzene rings is 1. The van der Waals surface area contributed by atoms with Crippen LogP contribution in [0.1, 0.15) is 12.8 Å². The van der Waals surface area contributed by atoms with Crippen molar-refractivity contribution < 1.29 is 9.18 Å². The maximum atomic E-state index is 14.9. The van der Waals surface area contributed by atoms with Crippen molar-refractivity contribution in [2.45, 2.75) is 18.5 Å². The Kier molecular flexibility index (Phi) is 4.49. The highest BCUT2D eigenvalue weighted by Gasteiger charge is 2.41. The molecule has 1 N–H and O–H groups in total. The van der Waals surface area contributed by atoms with Gasteiger partial charge in [0.15, 0.2) is 11.5 Å². The molecule has 7 nitrogen and oxygen atoms in total. The SMILES string of the molecule is CN1CCC(F)(C(=O)Nc2cc3cc(-c4cnccn4)ccc3nn2)CC1. The summed E-state index contributed by atoms with van der Waals surface area (Å²) in [4.78, 5) is 22.8. The maximum absolute atomic E-state index is 14.9. The first-order valence-corrected chi connectivity index (χ1v) is 8.76. The Hall–Kier alpha value is -3.00. The molecule has 8 heteroatoms. The summed E-state index contributed by atoms with van der Waals surface area (Å²) in [5.41, 5.74) is 0.411. The lowest BCUT2D eigenvalue weighted by molar-refractivity contribution is -0.130. The molecule has 0 atom stereocenters. The standard InChI is InChI=1S/C19H19FN6O/c1-26-8-4-19(20,5-9-26)18(27)23-17-11-14-10-13(2-3-15(14)24-25-17)16-12-21-6-7-22-16/h2-3,6-7,10-12H,4-5,8-9H2,1H3,(H,23,25,27). The third-order valence-corrected chi connectivity index (χ3v) is 4.87. The normalized spacial score (nSPS) is 17.0. The molecule has 2 aromatic heterocycles. The zero-order valence-electron chi connectivity index (χ0n) is 14.9. The highest BCUT2D eigenvalue weighted by atomic mass is 19.1. The zero-order chi connectivity index (χ0) is 18.9. The van der Waals surface area contributed by atoms with Crippen molar-refractivity contribution in [2.24, 2.45) is 0 Å². The first-order valence-electron chi connectivity index (χ1n) is 8.76. The maximum Gasteiger partial charge on any atom is 0.263 e. The second-order valence-corrected chi connectivity index (χ2v) is 6.82. The number of aromatic nitrogens is 4. The van der Waals surface area contributed by atoms with E-state index >= 15 is 0 Å². The molecular weight excluding hydrogens is 347 g/mol. The quantitative estimate of drug-likeness (QED) is 0.767. The Morgan fingerprint density at radius 2 is 2.00 bits per heavy atom. The third-order valence-electron chi connectivity index (χ3n) is 4.87. The number of amides is 1. The van der Waals surface area contributed by atoms with Crippen molar-refractivity contribution >= 4 is 22.6 Å². The van der Waals surface area contributed by atoms with Gasteiger partial charge in [-0.1, -0.05) is 6.07 Å². The molecule has 138 valence electrons. The Morgan fingerprint density at radius 1 is 1.19 bits per heavy atom. The van der Waals surface area contributed by atoms with Crippen LogP contribution in [0.5, 0.6) is 0 Å². The average molecular weight is 366 g/mol. The van der Waals surface area contributed by atoms with Crippen LogP contribution in [0, 0.1) is 0 Å². The van der Waals surface area contributed by atoms with Crippen molar-refractivity contribution in [1.29, 1.82) is 0 Å². The van der Waals surface area contributed by atoms with E-state index < -0.39 is 11.6 Å². The second-order valence-electron chi connectivity index (χ2n) is 6.82. The Labute approximate surface area is 155 Å². The van der Waals surface area contributed by atoms with Crippen LogP contribution in [-0.4, -0.2) is 56.8 Å². The number of rotatable bonds is 3. The first kappa shape index (κ1) is 17.4. The van der Waals surface area contributed by atoms with Crippen molar-refractivity contribution in [3.63, 3.8) is 0 Å². The monoisotopic (exact) mass is 366 g/mol. The summed E-state index contributed by atoms with van der Waals surface area (Å²) >= 11 is 0. The van der Waals surface area contributed by atoms with E-state index in [-0.39, 0.29) is 18.7 Å². The molecule has 3 aromatic rings. The van der Waals surface area contributed by atoms with Crippen LogP contribution in [0.3, 0.4) is 0 Å². The molecular formula is C19H19FN6O. The van der Waals surface area contributed by atoms with E-state index in [1.54, 1.807) is 24.7 Å². The molecule has 1 amide bonds. The fourth-order valence-electron chi connectivity index (χ4n) is 3.14. The molecule has 1 aliphatic rings. The molecule has 0 unspecified atom stereocenters. The van der Waals surface area contributed by atoms with Gasteiger partial charge in [-0.15, -0.1) is 10.2 Å². The fourth-order valence-corrected chi connectivity index (χ4v) is 3.14. The van der Waals surface area contributed by atoms with Gasteiger partial charge in [0.05, 0.1) is 17.4 Å². The van der Waals surface area contributed by atoms with Gasteiger partial charge in [-0.3, -0.25) is 14.8 Å². The highest BCUT2D eigenvalue weighted by molar-refractivity contribution is 5.98. The van der Waals surface area contributed by atoms with Crippen molar-refractivity contribution in [3.8, 4) is 11.3 Å². The molecule has 0 saturated carbocycles. The minimum absolute atomic E-state index is 0.174. The summed E-state index contributed by atoms with van der Waals surface area (Å²) < 4.78 is 14.9. The molecule has 1 fully saturated rings. The molecule has 1 saturated heterocycles. The van der Waals surface area contributed by atoms with E-state index in [0.29, 0.717) is 18.6 Å². The second kappa shape index (κ2) is 6.96. The van der Waals surface area contributed by atoms with Crippen molar-refractivity contribution in [2.75, 3.05) is 25.5 Å². The van der Waals surface area contributed by atoms with Gasteiger partial charge in [0.2, 0.25) is 0 Å². The highest BCUT2D eigenvalue weighted by Crippen LogP contribution is 2.28. The van der Waals surface area contributed by atoms with Gasteiger partial charge in [-0.25, -0.2) is 4.39 Å². The predicted octanol–water partition coefficient (Wildman–Crippen LogP) is 2.46. The number of piperidine rings is 1. The number of carbonyl (C=O) groups excluding carboxylic acids is 1. The number of nitrogens with zero attached hydrogens (tertiary/aromatic N) is 5. The van der Waals surface area contributed by atoms with E-state index in [0.717, 1.165) is 16.6 Å². The molecule has 1 aliphatic heterocycles. The van der Waals surface area contributed by atoms with Crippen LogP contribution in [0.15, 0.2) is 42.9 Å². The topological polar surface area (TPSA) is 83.9 Å². The summed E-state index contributed by atoms with van der Waals surface area (Å²) in [6, 6.07) is 7.29. The number of carbonyl (C=O) groups is 1. The van der Waals surface area contributed by atoms with Crippen LogP contribution in [0.4, 0.5) is 10.2 Å². The zero-order valence-corrected chi connectivity index (χ0v) is 14.9. The van der Waals surface area contributed by atoms with Crippen molar-refractivity contribution in [1.82, 2.24) is 25.1 Å². The molecule has 0 spiro atoms. The van der Waals surface area contributed by atoms with Crippen LogP contribution in [0.25, 0.3) is 22.2 Å². The van der Waals surface area contributed by atoms with Gasteiger partial charge in [0.25, 0.3) is 5.91 Å². The number of fused-ring (bicyclic) bond motifs is 1. The van der Waals surface area contributed by atoms with Crippen molar-refractivity contribution in [3.05, 3.63) is 42.9 Å². The van der Waals surface area contributed by atoms with Crippen LogP contribution in [0.2, 0.25) is 0 Å². The van der Waals surface area contributed by atoms with Gasteiger partial charge in [0.1, 0.15) is 0 Å². The summed E-state index contributed by atoms with van der Waals surface area (Å²) in [5, 5.41) is 11.5. The van der Waals surface area contributed by atoms with Crippen LogP contribution < -0.4 is 5.32 Å². The van der Waals surface area contributed by atoms with Gasteiger partial charge in [-0.05, 0) is 25.2 Å². The number of hydrogen-bond donors (Lipinski definition) is 1. The van der Waals surface area contributed by atoms with E-state index in [4.69, 9.17) is 0 Å². The molecule has 27 heavy (non-hydrogen) atoms. The average Bonchev–Trinajstić information content (AvgIpc) is 2.70. The van der Waals surface area contributed by atoms with Gasteiger partial charge >= 0.3 is 0 Å². The Balaban J connectivity index is 1.58. The van der Waals surface area contributed by atoms with E-state index in [2.05, 4.69) is 25.5 Å². The number of hydrogen-bond acceptors (Lipinski definition) is 6. The Morgan fingerprint density at radius 3 is 2.74 bits per heavy atom. The largest absolute Gasteiger partial charge is 0.306 e. The van der Waals surface area contributed by atoms with Gasteiger partial charge in [0, 0.05) is 49.3 Å². The fraction of sp³-hybridized carbons (Fsp3) is 0.316. The molecule has 0 radical (unpaired) electrons. The molecule has 3 heterocycles. The lowest BCUT2D eigenvalue weighted by Crippen LogP contribution is -2.47. The first-order chi connectivity index (χ1) is 13.0. The minimum Gasteiger partial charge on any atom is -0.306 e. The lowest BCUT2D eigenvalue weighted by atomic mass is 9.92. The number of nitrogens with one attached hydrogen (secondary N) is 1. The molecule has 4 rings (SSSR count). The molecule has 1 aromatic carbocycles. The third kappa shape index (κ3) is 3.61. The molecule has 0 aliphatic carbocycles. The number of likely N-dealkylation sites (tertiary alicyclic amines) is 1. The van der Waals surface area contributed by atoms with E-state index in [1.165, 1.54) is 0 Å². The minimum atomic E-state index is -1.87. The number of halogens is 1. The van der Waals surface area contributed by atoms with Gasteiger partial charge in [-0.2, -0.15) is 0 Å². The lowest BCUT2D eigenvalue weighted by Gasteiger charge is -2.33. The number of alkyl halides is 1. The summed E-state index contributed by atoms with van der Waals surface area (Å²) in [5.74, 6) is -0.422. The van der Waals surface area contributed by atoms with E-state index in [9.17, 15) is 9.18 Å².